The molecule has 1 aromatic carbocycles. The third-order valence-electron chi connectivity index (χ3n) is 1.67. The van der Waals surface area contributed by atoms with Crippen LogP contribution >= 0.6 is 12.4 Å². The minimum absolute atomic E-state index is 0. The maximum atomic E-state index is 10.5. The molecule has 0 amide bonds. The van der Waals surface area contributed by atoms with Gasteiger partial charge in [-0.1, -0.05) is 0 Å². The molecule has 2 aromatic rings. The number of hydrogen-bond acceptors (Lipinski definition) is 2. The number of hydrogen-bond donors (Lipinski definition) is 2. The lowest BCUT2D eigenvalue weighted by Crippen LogP contribution is -1.94. The van der Waals surface area contributed by atoms with Crippen molar-refractivity contribution in [3.8, 4) is 0 Å². The molecule has 0 fully saturated rings. The molecule has 4 nitrogen and oxygen atoms in total. The number of fused-ring (bicyclic) bond motifs is 1. The number of rotatable bonds is 1. The predicted octanol–water partition coefficient (Wildman–Crippen LogP) is 1.68. The van der Waals surface area contributed by atoms with E-state index in [2.05, 4.69) is 9.97 Å². The Morgan fingerprint density at radius 3 is 2.92 bits per heavy atom. The smallest absolute Gasteiger partial charge is 0.335 e. The summed E-state index contributed by atoms with van der Waals surface area (Å²) in [5.74, 6) is -0.925. The summed E-state index contributed by atoms with van der Waals surface area (Å²) in [6.07, 6.45) is 1.54. The Labute approximate surface area is 80.0 Å². The van der Waals surface area contributed by atoms with E-state index in [1.807, 2.05) is 0 Å². The van der Waals surface area contributed by atoms with Crippen LogP contribution in [0.15, 0.2) is 24.5 Å². The van der Waals surface area contributed by atoms with E-state index < -0.39 is 5.97 Å². The Hall–Kier alpha value is -1.55. The Balaban J connectivity index is 0.000000845. The minimum atomic E-state index is -0.925. The first-order valence-electron chi connectivity index (χ1n) is 3.44. The van der Waals surface area contributed by atoms with E-state index in [4.69, 9.17) is 5.11 Å². The minimum Gasteiger partial charge on any atom is -0.478 e. The van der Waals surface area contributed by atoms with Crippen LogP contribution in [0.1, 0.15) is 10.4 Å². The normalized spacial score (nSPS) is 9.54. The number of nitrogens with one attached hydrogen (secondary N) is 1. The fraction of sp³-hybridized carbons (Fsp3) is 0. The molecule has 0 spiro atoms. The zero-order chi connectivity index (χ0) is 8.55. The van der Waals surface area contributed by atoms with Crippen LogP contribution in [-0.2, 0) is 0 Å². The number of carbonyl (C=O) groups is 1. The fourth-order valence-electron chi connectivity index (χ4n) is 1.07. The molecule has 0 aliphatic rings. The predicted molar refractivity (Wildman–Crippen MR) is 50.3 cm³/mol. The first-order valence-corrected chi connectivity index (χ1v) is 3.44. The molecule has 0 bridgehead atoms. The largest absolute Gasteiger partial charge is 0.478 e. The summed E-state index contributed by atoms with van der Waals surface area (Å²) in [4.78, 5) is 17.3. The first kappa shape index (κ1) is 9.54. The van der Waals surface area contributed by atoms with Crippen molar-refractivity contribution in [3.05, 3.63) is 30.1 Å². The summed E-state index contributed by atoms with van der Waals surface area (Å²) in [5, 5.41) is 8.65. The highest BCUT2D eigenvalue weighted by Crippen LogP contribution is 2.10. The topological polar surface area (TPSA) is 66.0 Å². The fourth-order valence-corrected chi connectivity index (χ4v) is 1.07. The van der Waals surface area contributed by atoms with Gasteiger partial charge >= 0.3 is 5.97 Å². The molecule has 0 saturated heterocycles. The van der Waals surface area contributed by atoms with Gasteiger partial charge in [0.05, 0.1) is 22.9 Å². The Bertz CT molecular complexity index is 438. The average molecular weight is 199 g/mol. The molecule has 0 atom stereocenters. The number of carboxylic acids is 1. The molecule has 0 unspecified atom stereocenters. The van der Waals surface area contributed by atoms with Crippen molar-refractivity contribution in [1.82, 2.24) is 9.97 Å². The van der Waals surface area contributed by atoms with Gasteiger partial charge in [0.15, 0.2) is 0 Å². The van der Waals surface area contributed by atoms with Gasteiger partial charge in [-0.25, -0.2) is 9.78 Å². The molecule has 0 radical (unpaired) electrons. The Morgan fingerprint density at radius 2 is 2.23 bits per heavy atom. The van der Waals surface area contributed by atoms with Crippen LogP contribution in [0.2, 0.25) is 0 Å². The molecule has 0 aliphatic heterocycles. The summed E-state index contributed by atoms with van der Waals surface area (Å²) in [6, 6.07) is 4.77. The number of halogens is 1. The van der Waals surface area contributed by atoms with Gasteiger partial charge in [-0.2, -0.15) is 0 Å². The van der Waals surface area contributed by atoms with Crippen molar-refractivity contribution in [1.29, 1.82) is 0 Å². The van der Waals surface area contributed by atoms with E-state index in [-0.39, 0.29) is 18.0 Å². The van der Waals surface area contributed by atoms with E-state index in [1.54, 1.807) is 12.1 Å². The van der Waals surface area contributed by atoms with E-state index in [9.17, 15) is 4.79 Å². The number of aromatic nitrogens is 2. The SMILES string of the molecule is Cl.O=C(O)c1ccc2nc[nH]c2c1. The van der Waals surface area contributed by atoms with Crippen LogP contribution in [0.5, 0.6) is 0 Å². The lowest BCUT2D eigenvalue weighted by Gasteiger charge is -1.92. The van der Waals surface area contributed by atoms with Crippen LogP contribution in [-0.4, -0.2) is 21.0 Å². The molecule has 68 valence electrons. The Kier molecular flexibility index (Phi) is 2.53. The monoisotopic (exact) mass is 198 g/mol. The number of H-pyrrole nitrogens is 1. The van der Waals surface area contributed by atoms with Crippen molar-refractivity contribution in [2.24, 2.45) is 0 Å². The molecule has 0 saturated carbocycles. The number of nitrogens with zero attached hydrogens (tertiary/aromatic N) is 1. The second-order valence-corrected chi connectivity index (χ2v) is 2.44. The number of carboxylic acid groups (broad SMARTS) is 1. The quantitative estimate of drug-likeness (QED) is 0.733. The Morgan fingerprint density at radius 1 is 1.46 bits per heavy atom. The number of aromatic carboxylic acids is 1. The molecule has 2 N–H and O–H groups in total. The molecule has 1 heterocycles. The zero-order valence-corrected chi connectivity index (χ0v) is 7.34. The molecular weight excluding hydrogens is 192 g/mol. The summed E-state index contributed by atoms with van der Waals surface area (Å²) < 4.78 is 0. The number of imidazole rings is 1. The second kappa shape index (κ2) is 3.45. The third-order valence-corrected chi connectivity index (χ3v) is 1.67. The van der Waals surface area contributed by atoms with Crippen LogP contribution in [0.4, 0.5) is 0 Å². The van der Waals surface area contributed by atoms with Gasteiger partial charge in [0.1, 0.15) is 0 Å². The van der Waals surface area contributed by atoms with Gasteiger partial charge in [0.25, 0.3) is 0 Å². The highest BCUT2D eigenvalue weighted by atomic mass is 35.5. The van der Waals surface area contributed by atoms with E-state index in [0.29, 0.717) is 0 Å². The third kappa shape index (κ3) is 1.62. The lowest BCUT2D eigenvalue weighted by molar-refractivity contribution is 0.0697. The van der Waals surface area contributed by atoms with Crippen molar-refractivity contribution in [2.75, 3.05) is 0 Å². The van der Waals surface area contributed by atoms with Crippen molar-refractivity contribution >= 4 is 29.4 Å². The van der Waals surface area contributed by atoms with E-state index >= 15 is 0 Å². The molecule has 13 heavy (non-hydrogen) atoms. The maximum Gasteiger partial charge on any atom is 0.335 e. The van der Waals surface area contributed by atoms with Crippen LogP contribution in [0.3, 0.4) is 0 Å². The van der Waals surface area contributed by atoms with Gasteiger partial charge < -0.3 is 10.1 Å². The summed E-state index contributed by atoms with van der Waals surface area (Å²) in [7, 11) is 0. The lowest BCUT2D eigenvalue weighted by atomic mass is 10.2. The summed E-state index contributed by atoms with van der Waals surface area (Å²) in [5.41, 5.74) is 1.79. The number of benzene rings is 1. The van der Waals surface area contributed by atoms with E-state index in [1.165, 1.54) is 12.4 Å². The van der Waals surface area contributed by atoms with Crippen LogP contribution < -0.4 is 0 Å². The molecular formula is C8H7ClN2O2. The van der Waals surface area contributed by atoms with Gasteiger partial charge in [-0.05, 0) is 18.2 Å². The standard InChI is InChI=1S/C8H6N2O2.ClH/c11-8(12)5-1-2-6-7(3-5)10-4-9-6;/h1-4H,(H,9,10)(H,11,12);1H. The highest BCUT2D eigenvalue weighted by Gasteiger charge is 2.03. The maximum absolute atomic E-state index is 10.5. The number of aromatic amines is 1. The average Bonchev–Trinajstić information content (AvgIpc) is 2.49. The van der Waals surface area contributed by atoms with Crippen molar-refractivity contribution < 1.29 is 9.90 Å². The zero-order valence-electron chi connectivity index (χ0n) is 6.52. The van der Waals surface area contributed by atoms with Crippen LogP contribution in [0.25, 0.3) is 11.0 Å². The van der Waals surface area contributed by atoms with Crippen molar-refractivity contribution in [2.45, 2.75) is 0 Å². The highest BCUT2D eigenvalue weighted by molar-refractivity contribution is 5.92. The summed E-state index contributed by atoms with van der Waals surface area (Å²) >= 11 is 0. The van der Waals surface area contributed by atoms with Crippen molar-refractivity contribution in [3.63, 3.8) is 0 Å². The van der Waals surface area contributed by atoms with Gasteiger partial charge in [0, 0.05) is 0 Å². The van der Waals surface area contributed by atoms with Crippen LogP contribution in [0, 0.1) is 0 Å². The van der Waals surface area contributed by atoms with Gasteiger partial charge in [0.2, 0.25) is 0 Å². The summed E-state index contributed by atoms with van der Waals surface area (Å²) in [6.45, 7) is 0. The first-order chi connectivity index (χ1) is 5.77. The molecule has 0 aliphatic carbocycles. The molecule has 1 aromatic heterocycles. The second-order valence-electron chi connectivity index (χ2n) is 2.44. The molecule has 5 heteroatoms. The van der Waals surface area contributed by atoms with Gasteiger partial charge in [-0.15, -0.1) is 12.4 Å². The van der Waals surface area contributed by atoms with Gasteiger partial charge in [-0.3, -0.25) is 0 Å². The molecule has 2 rings (SSSR count). The van der Waals surface area contributed by atoms with E-state index in [0.717, 1.165) is 11.0 Å².